The van der Waals surface area contributed by atoms with Crippen molar-refractivity contribution in [3.05, 3.63) is 30.1 Å². The highest BCUT2D eigenvalue weighted by molar-refractivity contribution is 5.74. The van der Waals surface area contributed by atoms with Crippen molar-refractivity contribution in [3.8, 4) is 0 Å². The van der Waals surface area contributed by atoms with E-state index in [1.165, 1.54) is 0 Å². The molecule has 0 amide bonds. The Bertz CT molecular complexity index is 409. The number of hydrogen-bond acceptors (Lipinski definition) is 2. The fourth-order valence-corrected chi connectivity index (χ4v) is 1.37. The van der Waals surface area contributed by atoms with Crippen molar-refractivity contribution in [2.45, 2.75) is 19.3 Å². The summed E-state index contributed by atoms with van der Waals surface area (Å²) < 4.78 is 0. The molecule has 3 N–H and O–H groups in total. The summed E-state index contributed by atoms with van der Waals surface area (Å²) in [4.78, 5) is 7.82. The summed E-state index contributed by atoms with van der Waals surface area (Å²) in [6.45, 7) is 4.77. The Labute approximate surface area is 83.3 Å². The molecule has 0 bridgehead atoms. The Hall–Kier alpha value is -1.35. The molecule has 74 valence electrons. The van der Waals surface area contributed by atoms with Gasteiger partial charge in [-0.3, -0.25) is 0 Å². The van der Waals surface area contributed by atoms with Gasteiger partial charge < -0.3 is 10.7 Å². The van der Waals surface area contributed by atoms with Crippen molar-refractivity contribution in [2.24, 2.45) is 5.73 Å². The average molecular weight is 189 g/mol. The topological polar surface area (TPSA) is 54.7 Å². The van der Waals surface area contributed by atoms with Gasteiger partial charge in [-0.2, -0.15) is 0 Å². The second-order valence-corrected chi connectivity index (χ2v) is 4.19. The Kier molecular flexibility index (Phi) is 2.04. The number of rotatable bonds is 2. The second-order valence-electron chi connectivity index (χ2n) is 4.19. The van der Waals surface area contributed by atoms with Gasteiger partial charge in [0.2, 0.25) is 0 Å². The molecule has 1 aromatic carbocycles. The van der Waals surface area contributed by atoms with Gasteiger partial charge in [0.1, 0.15) is 5.82 Å². The number of nitrogens with zero attached hydrogens (tertiary/aromatic N) is 1. The lowest BCUT2D eigenvalue weighted by Crippen LogP contribution is -2.29. The standard InChI is InChI=1S/C11H15N3/c1-11(2,7-12)10-13-8-5-3-4-6-9(8)14-10/h3-6H,7,12H2,1-2H3,(H,13,14). The zero-order chi connectivity index (χ0) is 10.2. The summed E-state index contributed by atoms with van der Waals surface area (Å²) in [5, 5.41) is 0. The third kappa shape index (κ3) is 1.40. The fraction of sp³-hybridized carbons (Fsp3) is 0.364. The van der Waals surface area contributed by atoms with Gasteiger partial charge in [-0.25, -0.2) is 4.98 Å². The van der Waals surface area contributed by atoms with Crippen molar-refractivity contribution in [1.29, 1.82) is 0 Å². The van der Waals surface area contributed by atoms with Crippen molar-refractivity contribution in [3.63, 3.8) is 0 Å². The number of nitrogens with one attached hydrogen (secondary N) is 1. The Morgan fingerprint density at radius 1 is 1.36 bits per heavy atom. The van der Waals surface area contributed by atoms with E-state index in [9.17, 15) is 0 Å². The lowest BCUT2D eigenvalue weighted by Gasteiger charge is -2.18. The van der Waals surface area contributed by atoms with E-state index in [0.717, 1.165) is 16.9 Å². The summed E-state index contributed by atoms with van der Waals surface area (Å²) in [5.41, 5.74) is 7.69. The van der Waals surface area contributed by atoms with Crippen LogP contribution in [0.3, 0.4) is 0 Å². The van der Waals surface area contributed by atoms with Gasteiger partial charge in [0.05, 0.1) is 11.0 Å². The first-order valence-electron chi connectivity index (χ1n) is 4.79. The molecule has 0 aliphatic carbocycles. The van der Waals surface area contributed by atoms with Gasteiger partial charge in [-0.15, -0.1) is 0 Å². The molecule has 2 aromatic rings. The minimum atomic E-state index is -0.0843. The minimum absolute atomic E-state index is 0.0843. The molecule has 0 saturated carbocycles. The highest BCUT2D eigenvalue weighted by Crippen LogP contribution is 2.21. The number of aromatic nitrogens is 2. The maximum atomic E-state index is 5.70. The van der Waals surface area contributed by atoms with Crippen LogP contribution in [0, 0.1) is 0 Å². The highest BCUT2D eigenvalue weighted by atomic mass is 14.9. The molecule has 0 spiro atoms. The van der Waals surface area contributed by atoms with E-state index in [2.05, 4.69) is 23.8 Å². The van der Waals surface area contributed by atoms with Crippen LogP contribution in [0.5, 0.6) is 0 Å². The largest absolute Gasteiger partial charge is 0.341 e. The van der Waals surface area contributed by atoms with Crippen molar-refractivity contribution in [1.82, 2.24) is 9.97 Å². The minimum Gasteiger partial charge on any atom is -0.341 e. The van der Waals surface area contributed by atoms with Crippen LogP contribution in [0.4, 0.5) is 0 Å². The number of H-pyrrole nitrogens is 1. The van der Waals surface area contributed by atoms with Crippen LogP contribution in [0.15, 0.2) is 24.3 Å². The van der Waals surface area contributed by atoms with E-state index in [1.54, 1.807) is 0 Å². The lowest BCUT2D eigenvalue weighted by molar-refractivity contribution is 0.509. The van der Waals surface area contributed by atoms with Crippen molar-refractivity contribution >= 4 is 11.0 Å². The Morgan fingerprint density at radius 2 is 2.07 bits per heavy atom. The molecule has 0 aliphatic heterocycles. The van der Waals surface area contributed by atoms with Gasteiger partial charge in [0.25, 0.3) is 0 Å². The predicted molar refractivity (Wildman–Crippen MR) is 58.2 cm³/mol. The van der Waals surface area contributed by atoms with E-state index in [1.807, 2.05) is 24.3 Å². The molecule has 14 heavy (non-hydrogen) atoms. The summed E-state index contributed by atoms with van der Waals surface area (Å²) in [6.07, 6.45) is 0. The van der Waals surface area contributed by atoms with Gasteiger partial charge in [-0.05, 0) is 12.1 Å². The predicted octanol–water partition coefficient (Wildman–Crippen LogP) is 1.80. The molecule has 0 radical (unpaired) electrons. The van der Waals surface area contributed by atoms with Gasteiger partial charge in [0.15, 0.2) is 0 Å². The molecule has 1 heterocycles. The number of nitrogens with two attached hydrogens (primary N) is 1. The zero-order valence-electron chi connectivity index (χ0n) is 8.54. The average Bonchev–Trinajstić information content (AvgIpc) is 2.61. The van der Waals surface area contributed by atoms with Crippen LogP contribution < -0.4 is 5.73 Å². The molecule has 3 nitrogen and oxygen atoms in total. The number of hydrogen-bond donors (Lipinski definition) is 2. The van der Waals surface area contributed by atoms with Crippen molar-refractivity contribution < 1.29 is 0 Å². The summed E-state index contributed by atoms with van der Waals surface area (Å²) >= 11 is 0. The molecule has 0 fully saturated rings. The molecular weight excluding hydrogens is 174 g/mol. The van der Waals surface area contributed by atoms with Crippen LogP contribution >= 0.6 is 0 Å². The second kappa shape index (κ2) is 3.10. The molecule has 0 saturated heterocycles. The third-order valence-electron chi connectivity index (χ3n) is 2.54. The number of benzene rings is 1. The number of imidazole rings is 1. The first-order valence-corrected chi connectivity index (χ1v) is 4.79. The normalized spacial score (nSPS) is 12.2. The van der Waals surface area contributed by atoms with E-state index in [4.69, 9.17) is 5.73 Å². The van der Waals surface area contributed by atoms with Crippen LogP contribution in [0.2, 0.25) is 0 Å². The van der Waals surface area contributed by atoms with Crippen molar-refractivity contribution in [2.75, 3.05) is 6.54 Å². The molecule has 0 unspecified atom stereocenters. The maximum absolute atomic E-state index is 5.70. The summed E-state index contributed by atoms with van der Waals surface area (Å²) in [5.74, 6) is 0.959. The van der Waals surface area contributed by atoms with E-state index in [0.29, 0.717) is 6.54 Å². The SMILES string of the molecule is CC(C)(CN)c1nc2ccccc2[nH]1. The quantitative estimate of drug-likeness (QED) is 0.756. The molecular formula is C11H15N3. The van der Waals surface area contributed by atoms with E-state index < -0.39 is 0 Å². The maximum Gasteiger partial charge on any atom is 0.114 e. The Morgan fingerprint density at radius 3 is 2.71 bits per heavy atom. The molecule has 0 aliphatic rings. The monoisotopic (exact) mass is 189 g/mol. The van der Waals surface area contributed by atoms with Gasteiger partial charge in [0, 0.05) is 12.0 Å². The summed E-state index contributed by atoms with van der Waals surface area (Å²) in [7, 11) is 0. The lowest BCUT2D eigenvalue weighted by atomic mass is 9.93. The fourth-order valence-electron chi connectivity index (χ4n) is 1.37. The highest BCUT2D eigenvalue weighted by Gasteiger charge is 2.22. The number of para-hydroxylation sites is 2. The van der Waals surface area contributed by atoms with E-state index >= 15 is 0 Å². The van der Waals surface area contributed by atoms with Crippen LogP contribution in [-0.2, 0) is 5.41 Å². The smallest absolute Gasteiger partial charge is 0.114 e. The van der Waals surface area contributed by atoms with Crippen LogP contribution in [0.25, 0.3) is 11.0 Å². The number of aromatic amines is 1. The van der Waals surface area contributed by atoms with Gasteiger partial charge in [-0.1, -0.05) is 26.0 Å². The zero-order valence-corrected chi connectivity index (χ0v) is 8.54. The third-order valence-corrected chi connectivity index (χ3v) is 2.54. The first-order chi connectivity index (χ1) is 6.63. The van der Waals surface area contributed by atoms with E-state index in [-0.39, 0.29) is 5.41 Å². The molecule has 1 aromatic heterocycles. The first kappa shape index (κ1) is 9.21. The number of fused-ring (bicyclic) bond motifs is 1. The van der Waals surface area contributed by atoms with Crippen LogP contribution in [-0.4, -0.2) is 16.5 Å². The molecule has 3 heteroatoms. The molecule has 2 rings (SSSR count). The molecule has 0 atom stereocenters. The van der Waals surface area contributed by atoms with Crippen LogP contribution in [0.1, 0.15) is 19.7 Å². The summed E-state index contributed by atoms with van der Waals surface area (Å²) in [6, 6.07) is 8.02. The Balaban J connectivity index is 2.55. The van der Waals surface area contributed by atoms with Gasteiger partial charge >= 0.3 is 0 Å².